The number of ether oxygens (including phenoxy) is 1. The Balaban J connectivity index is 1.89. The molecule has 0 radical (unpaired) electrons. The van der Waals surface area contributed by atoms with Crippen LogP contribution in [0.3, 0.4) is 0 Å². The Kier molecular flexibility index (Phi) is 6.33. The highest BCUT2D eigenvalue weighted by Gasteiger charge is 2.30. The van der Waals surface area contributed by atoms with Gasteiger partial charge in [0.05, 0.1) is 16.8 Å². The molecule has 132 valence electrons. The minimum Gasteiger partial charge on any atom is -0.480 e. The molecule has 1 aliphatic rings. The molecular weight excluding hydrogens is 334 g/mol. The van der Waals surface area contributed by atoms with Crippen LogP contribution in [0.25, 0.3) is 0 Å². The number of carboxylic acid groups (broad SMARTS) is 1. The van der Waals surface area contributed by atoms with Crippen molar-refractivity contribution in [1.82, 2.24) is 5.32 Å². The minimum absolute atomic E-state index is 0.0895. The normalized spacial score (nSPS) is 15.3. The number of hydrogen-bond acceptors (Lipinski definition) is 5. The third-order valence-corrected chi connectivity index (χ3v) is 6.22. The van der Waals surface area contributed by atoms with Gasteiger partial charge in [0.25, 0.3) is 5.91 Å². The number of carboxylic acids is 1. The topological polar surface area (TPSA) is 110 Å². The molecule has 0 heterocycles. The van der Waals surface area contributed by atoms with Crippen LogP contribution in [0.15, 0.2) is 29.2 Å². The van der Waals surface area contributed by atoms with Crippen molar-refractivity contribution in [2.45, 2.75) is 35.8 Å². The Morgan fingerprint density at radius 1 is 1.17 bits per heavy atom. The Hall–Kier alpha value is -1.93. The Labute approximate surface area is 140 Å². The summed E-state index contributed by atoms with van der Waals surface area (Å²) in [6.45, 7) is -0.149. The maximum atomic E-state index is 12.4. The summed E-state index contributed by atoms with van der Waals surface area (Å²) >= 11 is 0. The summed E-state index contributed by atoms with van der Waals surface area (Å²) in [7, 11) is -3.32. The van der Waals surface area contributed by atoms with Gasteiger partial charge < -0.3 is 15.2 Å². The number of carbonyl (C=O) groups excluding carboxylic acids is 1. The van der Waals surface area contributed by atoms with Crippen molar-refractivity contribution in [3.63, 3.8) is 0 Å². The van der Waals surface area contributed by atoms with Crippen molar-refractivity contribution in [2.75, 3.05) is 19.8 Å². The number of carbonyl (C=O) groups is 2. The Bertz CT molecular complexity index is 677. The molecule has 1 aromatic rings. The molecule has 1 saturated carbocycles. The summed E-state index contributed by atoms with van der Waals surface area (Å²) in [5.74, 6) is -1.43. The van der Waals surface area contributed by atoms with E-state index in [1.165, 1.54) is 24.3 Å². The van der Waals surface area contributed by atoms with Gasteiger partial charge in [-0.2, -0.15) is 0 Å². The van der Waals surface area contributed by atoms with Gasteiger partial charge in [-0.15, -0.1) is 0 Å². The number of nitrogens with one attached hydrogen (secondary N) is 1. The van der Waals surface area contributed by atoms with Gasteiger partial charge in [0.2, 0.25) is 0 Å². The fourth-order valence-corrected chi connectivity index (χ4v) is 4.54. The van der Waals surface area contributed by atoms with Gasteiger partial charge in [-0.3, -0.25) is 4.79 Å². The second-order valence-electron chi connectivity index (χ2n) is 5.68. The van der Waals surface area contributed by atoms with Crippen molar-refractivity contribution in [3.8, 4) is 0 Å². The molecule has 8 heteroatoms. The van der Waals surface area contributed by atoms with E-state index in [0.717, 1.165) is 12.8 Å². The fourth-order valence-electron chi connectivity index (χ4n) is 2.69. The van der Waals surface area contributed by atoms with E-state index in [1.54, 1.807) is 0 Å². The number of benzene rings is 1. The zero-order valence-corrected chi connectivity index (χ0v) is 14.0. The molecule has 0 aromatic heterocycles. The minimum atomic E-state index is -3.32. The molecule has 1 aromatic carbocycles. The van der Waals surface area contributed by atoms with Crippen LogP contribution in [0.2, 0.25) is 0 Å². The van der Waals surface area contributed by atoms with Crippen LogP contribution in [0.4, 0.5) is 0 Å². The molecule has 0 unspecified atom stereocenters. The molecule has 0 bridgehead atoms. The molecule has 7 nitrogen and oxygen atoms in total. The van der Waals surface area contributed by atoms with E-state index in [4.69, 9.17) is 9.84 Å². The number of aliphatic carboxylic acids is 1. The van der Waals surface area contributed by atoms with Crippen molar-refractivity contribution in [2.24, 2.45) is 0 Å². The zero-order valence-electron chi connectivity index (χ0n) is 13.2. The monoisotopic (exact) mass is 355 g/mol. The van der Waals surface area contributed by atoms with Gasteiger partial charge in [0, 0.05) is 12.1 Å². The maximum Gasteiger partial charge on any atom is 0.329 e. The summed E-state index contributed by atoms with van der Waals surface area (Å²) in [5.41, 5.74) is 0.346. The molecule has 0 saturated heterocycles. The molecule has 24 heavy (non-hydrogen) atoms. The fraction of sp³-hybridized carbons (Fsp3) is 0.500. The zero-order chi connectivity index (χ0) is 17.6. The first kappa shape index (κ1) is 18.4. The molecule has 2 N–H and O–H groups in total. The SMILES string of the molecule is O=C(O)COCCNC(=O)c1ccc(S(=O)(=O)C2CCCC2)cc1. The lowest BCUT2D eigenvalue weighted by Crippen LogP contribution is -2.28. The number of rotatable bonds is 8. The van der Waals surface area contributed by atoms with Crippen molar-refractivity contribution in [1.29, 1.82) is 0 Å². The third-order valence-electron chi connectivity index (χ3n) is 3.94. The van der Waals surface area contributed by atoms with Crippen LogP contribution in [0, 0.1) is 0 Å². The van der Waals surface area contributed by atoms with Crippen LogP contribution < -0.4 is 5.32 Å². The van der Waals surface area contributed by atoms with Gasteiger partial charge in [0.1, 0.15) is 6.61 Å². The van der Waals surface area contributed by atoms with Gasteiger partial charge in [0.15, 0.2) is 9.84 Å². The first-order chi connectivity index (χ1) is 11.4. The van der Waals surface area contributed by atoms with E-state index in [1.807, 2.05) is 0 Å². The predicted molar refractivity (Wildman–Crippen MR) is 86.7 cm³/mol. The summed E-state index contributed by atoms with van der Waals surface area (Å²) < 4.78 is 29.7. The Morgan fingerprint density at radius 2 is 1.79 bits per heavy atom. The largest absolute Gasteiger partial charge is 0.480 e. The lowest BCUT2D eigenvalue weighted by atomic mass is 10.2. The van der Waals surface area contributed by atoms with Gasteiger partial charge >= 0.3 is 5.97 Å². The highest BCUT2D eigenvalue weighted by atomic mass is 32.2. The molecule has 0 aliphatic heterocycles. The highest BCUT2D eigenvalue weighted by molar-refractivity contribution is 7.92. The maximum absolute atomic E-state index is 12.4. The summed E-state index contributed by atoms with van der Waals surface area (Å²) in [6, 6.07) is 5.89. The van der Waals surface area contributed by atoms with Crippen molar-refractivity contribution < 1.29 is 27.9 Å². The van der Waals surface area contributed by atoms with E-state index in [-0.39, 0.29) is 29.2 Å². The predicted octanol–water partition coefficient (Wildman–Crippen LogP) is 1.23. The van der Waals surface area contributed by atoms with E-state index >= 15 is 0 Å². The van der Waals surface area contributed by atoms with Crippen LogP contribution in [0.5, 0.6) is 0 Å². The average molecular weight is 355 g/mol. The van der Waals surface area contributed by atoms with Crippen LogP contribution in [-0.4, -0.2) is 50.4 Å². The Morgan fingerprint density at radius 3 is 2.38 bits per heavy atom. The van der Waals surface area contributed by atoms with Crippen LogP contribution in [0.1, 0.15) is 36.0 Å². The smallest absolute Gasteiger partial charge is 0.329 e. The number of hydrogen-bond donors (Lipinski definition) is 2. The van der Waals surface area contributed by atoms with E-state index in [2.05, 4.69) is 5.32 Å². The van der Waals surface area contributed by atoms with Crippen LogP contribution >= 0.6 is 0 Å². The van der Waals surface area contributed by atoms with Gasteiger partial charge in [-0.05, 0) is 37.1 Å². The molecule has 1 aliphatic carbocycles. The summed E-state index contributed by atoms with van der Waals surface area (Å²) in [5, 5.41) is 10.7. The molecule has 1 fully saturated rings. The van der Waals surface area contributed by atoms with Crippen molar-refractivity contribution >= 4 is 21.7 Å². The molecule has 0 atom stereocenters. The van der Waals surface area contributed by atoms with Crippen LogP contribution in [-0.2, 0) is 19.4 Å². The van der Waals surface area contributed by atoms with Gasteiger partial charge in [-0.1, -0.05) is 12.8 Å². The molecule has 1 amide bonds. The third kappa shape index (κ3) is 4.78. The quantitative estimate of drug-likeness (QED) is 0.679. The second kappa shape index (κ2) is 8.25. The summed E-state index contributed by atoms with van der Waals surface area (Å²) in [6.07, 6.45) is 3.27. The van der Waals surface area contributed by atoms with E-state index in [9.17, 15) is 18.0 Å². The lowest BCUT2D eigenvalue weighted by Gasteiger charge is -2.11. The second-order valence-corrected chi connectivity index (χ2v) is 7.91. The molecular formula is C16H21NO6S. The number of amides is 1. The lowest BCUT2D eigenvalue weighted by molar-refractivity contribution is -0.142. The first-order valence-corrected chi connectivity index (χ1v) is 9.37. The van der Waals surface area contributed by atoms with E-state index in [0.29, 0.717) is 18.4 Å². The number of sulfone groups is 1. The van der Waals surface area contributed by atoms with E-state index < -0.39 is 22.4 Å². The first-order valence-electron chi connectivity index (χ1n) is 7.83. The molecule has 0 spiro atoms. The summed E-state index contributed by atoms with van der Waals surface area (Å²) in [4.78, 5) is 22.4. The standard InChI is InChI=1S/C16H21NO6S/c18-15(19)11-23-10-9-17-16(20)12-5-7-14(8-6-12)24(21,22)13-3-1-2-4-13/h5-8,13H,1-4,9-11H2,(H,17,20)(H,18,19). The highest BCUT2D eigenvalue weighted by Crippen LogP contribution is 2.29. The molecule has 2 rings (SSSR count). The van der Waals surface area contributed by atoms with Crippen molar-refractivity contribution in [3.05, 3.63) is 29.8 Å². The van der Waals surface area contributed by atoms with Gasteiger partial charge in [-0.25, -0.2) is 13.2 Å². The average Bonchev–Trinajstić information content (AvgIpc) is 3.09.